The Kier molecular flexibility index (Phi) is 11.1. The first-order valence-electron chi connectivity index (χ1n) is 19.6. The molecule has 2 aromatic carbocycles. The van der Waals surface area contributed by atoms with Gasteiger partial charge in [-0.15, -0.1) is 11.3 Å². The maximum absolute atomic E-state index is 15.6. The number of nitriles is 2. The highest BCUT2D eigenvalue weighted by Crippen LogP contribution is 2.47. The Morgan fingerprint density at radius 1 is 1.10 bits per heavy atom. The molecule has 4 atom stereocenters. The normalized spacial score (nSPS) is 22.0. The number of halogens is 3. The number of likely N-dealkylation sites (tertiary alicyclic amines) is 1. The van der Waals surface area contributed by atoms with E-state index in [1.54, 1.807) is 31.7 Å². The van der Waals surface area contributed by atoms with E-state index in [1.165, 1.54) is 12.1 Å². The maximum atomic E-state index is 15.6. The first kappa shape index (κ1) is 42.1. The predicted molar refractivity (Wildman–Crippen MR) is 222 cm³/mol. The van der Waals surface area contributed by atoms with Crippen LogP contribution in [0.4, 0.5) is 29.2 Å². The van der Waals surface area contributed by atoms with Crippen LogP contribution in [0.5, 0.6) is 6.01 Å². The van der Waals surface area contributed by atoms with Gasteiger partial charge in [0.15, 0.2) is 0 Å². The van der Waals surface area contributed by atoms with Gasteiger partial charge < -0.3 is 24.0 Å². The summed E-state index contributed by atoms with van der Waals surface area (Å²) in [5, 5.41) is 24.7. The fraction of sp³-hybridized carbons (Fsp3) is 0.524. The van der Waals surface area contributed by atoms with E-state index in [0.29, 0.717) is 37.1 Å². The highest BCUT2D eigenvalue weighted by Gasteiger charge is 2.49. The Morgan fingerprint density at radius 2 is 1.81 bits per heavy atom. The zero-order chi connectivity index (χ0) is 42.8. The number of ether oxygens (including phenoxy) is 3. The molecule has 4 aromatic rings. The number of alkyl halides is 1. The summed E-state index contributed by atoms with van der Waals surface area (Å²) < 4.78 is 47.9. The number of hydrogen-bond donors (Lipinski definition) is 1. The molecule has 312 valence electrons. The van der Waals surface area contributed by atoms with E-state index in [4.69, 9.17) is 35.8 Å². The van der Waals surface area contributed by atoms with Crippen molar-refractivity contribution >= 4 is 66.9 Å². The Bertz CT molecular complexity index is 2440. The smallest absolute Gasteiger partial charge is 0.412 e. The average Bonchev–Trinajstić information content (AvgIpc) is 3.89. The number of nitrogens with one attached hydrogen (secondary N) is 1. The van der Waals surface area contributed by atoms with Crippen LogP contribution in [-0.4, -0.2) is 100 Å². The highest BCUT2D eigenvalue weighted by molar-refractivity contribution is 7.23. The number of likely N-dealkylation sites (N-methyl/N-ethyl adjacent to an activating group) is 1. The molecule has 1 N–H and O–H groups in total. The van der Waals surface area contributed by atoms with Crippen LogP contribution in [0, 0.1) is 28.5 Å². The molecule has 3 saturated heterocycles. The number of fused-ring (bicyclic) bond motifs is 3. The molecule has 3 aliphatic rings. The van der Waals surface area contributed by atoms with Gasteiger partial charge in [0.05, 0.1) is 44.0 Å². The van der Waals surface area contributed by atoms with Crippen LogP contribution >= 0.6 is 22.9 Å². The van der Waals surface area contributed by atoms with E-state index in [0.717, 1.165) is 30.7 Å². The number of hydrogen-bond acceptors (Lipinski definition) is 12. The number of benzene rings is 2. The molecule has 5 heterocycles. The number of amides is 2. The van der Waals surface area contributed by atoms with Gasteiger partial charge in [-0.1, -0.05) is 17.7 Å². The molecule has 0 spiro atoms. The van der Waals surface area contributed by atoms with Gasteiger partial charge >= 0.3 is 18.2 Å². The molecule has 7 rings (SSSR count). The topological polar surface area (TPSA) is 157 Å². The Hall–Kier alpha value is -5.03. The number of carbonyl (C=O) groups is 2. The number of carbonyl (C=O) groups excluding carboxylic acids is 2. The van der Waals surface area contributed by atoms with Crippen molar-refractivity contribution < 1.29 is 32.6 Å². The molecule has 13 nitrogen and oxygen atoms in total. The summed E-state index contributed by atoms with van der Waals surface area (Å²) in [5.74, 6) is -0.261. The molecule has 0 bridgehead atoms. The van der Waals surface area contributed by atoms with Crippen molar-refractivity contribution in [1.29, 1.82) is 10.5 Å². The summed E-state index contributed by atoms with van der Waals surface area (Å²) in [6, 6.07) is 8.06. The van der Waals surface area contributed by atoms with E-state index < -0.39 is 40.9 Å². The lowest BCUT2D eigenvalue weighted by molar-refractivity contribution is 0.0233. The van der Waals surface area contributed by atoms with Gasteiger partial charge in [0, 0.05) is 42.9 Å². The van der Waals surface area contributed by atoms with Crippen LogP contribution in [0.25, 0.3) is 32.1 Å². The Morgan fingerprint density at radius 3 is 2.49 bits per heavy atom. The van der Waals surface area contributed by atoms with Crippen molar-refractivity contribution in [1.82, 2.24) is 19.8 Å². The second kappa shape index (κ2) is 15.5. The van der Waals surface area contributed by atoms with Crippen LogP contribution in [0.2, 0.25) is 5.02 Å². The van der Waals surface area contributed by atoms with E-state index in [1.807, 2.05) is 39.6 Å². The van der Waals surface area contributed by atoms with Crippen molar-refractivity contribution in [3.63, 3.8) is 0 Å². The SMILES string of the molecule is CC1C(N(C)c2nc(OC[C@@]34CCCN3C[C@H](F)C4)nc3c(C#N)c(-c4ccc(F)c5sc(NC(=O)OC(C)(C)C)c(C#N)c45)c(Cl)cc23)CCN1C(=O)OC(C)(C)C. The number of aromatic nitrogens is 2. The zero-order valence-corrected chi connectivity index (χ0v) is 35.9. The summed E-state index contributed by atoms with van der Waals surface area (Å²) >= 11 is 8.00. The van der Waals surface area contributed by atoms with E-state index >= 15 is 4.39 Å². The first-order valence-corrected chi connectivity index (χ1v) is 20.8. The number of nitrogens with zero attached hydrogens (tertiary/aromatic N) is 7. The minimum Gasteiger partial charge on any atom is -0.461 e. The monoisotopic (exact) mass is 848 g/mol. The molecule has 3 fully saturated rings. The molecule has 2 unspecified atom stereocenters. The summed E-state index contributed by atoms with van der Waals surface area (Å²) in [5.41, 5.74) is -1.42. The van der Waals surface area contributed by atoms with Gasteiger partial charge in [-0.25, -0.2) is 18.4 Å². The molecule has 2 aromatic heterocycles. The third-order valence-electron chi connectivity index (χ3n) is 11.2. The molecular weight excluding hydrogens is 802 g/mol. The van der Waals surface area contributed by atoms with E-state index in [9.17, 15) is 24.5 Å². The molecule has 59 heavy (non-hydrogen) atoms. The standard InChI is InChI=1S/C42H47ClF2N8O5S/c1-22-30(12-15-53(22)39(55)58-41(5,6)7)51(8)35-25-16-28(43)31(24-10-11-29(45)34-32(24)27(19-47)36(59-34)50-38(54)57-40(2,3)4)26(18-46)33(25)48-37(49-35)56-21-42-13-9-14-52(42)20-23(44)17-42/h10-11,16,22-23,30H,9,12-15,17,20-21H2,1-8H3,(H,50,54)/t22?,23-,30?,42+/m1/s1. The molecular formula is C42H47ClF2N8O5S. The lowest BCUT2D eigenvalue weighted by Gasteiger charge is -2.33. The van der Waals surface area contributed by atoms with Gasteiger partial charge in [0.2, 0.25) is 0 Å². The third-order valence-corrected chi connectivity index (χ3v) is 12.6. The first-order chi connectivity index (χ1) is 27.7. The molecule has 0 radical (unpaired) electrons. The fourth-order valence-corrected chi connectivity index (χ4v) is 10.1. The minimum absolute atomic E-state index is 0.0132. The number of thiophene rings is 1. The van der Waals surface area contributed by atoms with Crippen molar-refractivity contribution in [2.75, 3.05) is 43.5 Å². The lowest BCUT2D eigenvalue weighted by atomic mass is 9.93. The van der Waals surface area contributed by atoms with Crippen LogP contribution in [0.1, 0.15) is 85.3 Å². The van der Waals surface area contributed by atoms with Gasteiger partial charge in [-0.05, 0) is 92.0 Å². The molecule has 0 aliphatic carbocycles. The van der Waals surface area contributed by atoms with E-state index in [-0.39, 0.29) is 72.6 Å². The highest BCUT2D eigenvalue weighted by atomic mass is 35.5. The predicted octanol–water partition coefficient (Wildman–Crippen LogP) is 9.18. The van der Waals surface area contributed by atoms with Gasteiger partial charge in [0.1, 0.15) is 52.8 Å². The number of anilines is 2. The van der Waals surface area contributed by atoms with Crippen LogP contribution in [0.3, 0.4) is 0 Å². The Balaban J connectivity index is 1.37. The maximum Gasteiger partial charge on any atom is 0.412 e. The largest absolute Gasteiger partial charge is 0.461 e. The molecule has 3 aliphatic heterocycles. The van der Waals surface area contributed by atoms with Crippen LogP contribution < -0.4 is 15.0 Å². The molecule has 17 heteroatoms. The van der Waals surface area contributed by atoms with Crippen molar-refractivity contribution in [2.45, 2.75) is 109 Å². The van der Waals surface area contributed by atoms with Crippen LogP contribution in [-0.2, 0) is 9.47 Å². The molecule has 0 saturated carbocycles. The van der Waals surface area contributed by atoms with Gasteiger partial charge in [0.25, 0.3) is 0 Å². The van der Waals surface area contributed by atoms with Gasteiger partial charge in [-0.3, -0.25) is 10.2 Å². The summed E-state index contributed by atoms with van der Waals surface area (Å²) in [4.78, 5) is 41.5. The summed E-state index contributed by atoms with van der Waals surface area (Å²) in [6.45, 7) is 14.1. The number of rotatable bonds is 7. The molecule has 2 amide bonds. The fourth-order valence-electron chi connectivity index (χ4n) is 8.70. The van der Waals surface area contributed by atoms with Crippen LogP contribution in [0.15, 0.2) is 18.2 Å². The minimum atomic E-state index is -0.979. The summed E-state index contributed by atoms with van der Waals surface area (Å²) in [7, 11) is 1.84. The third kappa shape index (κ3) is 8.02. The average molecular weight is 849 g/mol. The second-order valence-corrected chi connectivity index (χ2v) is 19.0. The van der Waals surface area contributed by atoms with Gasteiger partial charge in [-0.2, -0.15) is 20.5 Å². The Labute approximate surface area is 350 Å². The van der Waals surface area contributed by atoms with Crippen molar-refractivity contribution in [3.05, 3.63) is 40.2 Å². The van der Waals surface area contributed by atoms with Crippen molar-refractivity contribution in [2.24, 2.45) is 0 Å². The quantitative estimate of drug-likeness (QED) is 0.189. The van der Waals surface area contributed by atoms with E-state index in [2.05, 4.69) is 22.4 Å². The van der Waals surface area contributed by atoms with Crippen molar-refractivity contribution in [3.8, 4) is 29.3 Å². The lowest BCUT2D eigenvalue weighted by Crippen LogP contribution is -2.45. The zero-order valence-electron chi connectivity index (χ0n) is 34.3. The second-order valence-electron chi connectivity index (χ2n) is 17.5. The summed E-state index contributed by atoms with van der Waals surface area (Å²) in [6.07, 6.45) is 0.330.